The topological polar surface area (TPSA) is 78.9 Å². The van der Waals surface area contributed by atoms with Crippen molar-refractivity contribution in [1.29, 1.82) is 0 Å². The Bertz CT molecular complexity index is 1200. The molecular formula is C26H26ClFN2O5. The number of pyridine rings is 1. The van der Waals surface area contributed by atoms with Gasteiger partial charge in [-0.1, -0.05) is 23.7 Å². The lowest BCUT2D eigenvalue weighted by atomic mass is 10.0. The van der Waals surface area contributed by atoms with Crippen LogP contribution < -0.4 is 24.3 Å². The van der Waals surface area contributed by atoms with Crippen molar-refractivity contribution >= 4 is 17.5 Å². The second kappa shape index (κ2) is 10.4. The van der Waals surface area contributed by atoms with Gasteiger partial charge in [-0.2, -0.15) is 0 Å². The molecule has 1 aromatic heterocycles. The third kappa shape index (κ3) is 6.33. The van der Waals surface area contributed by atoms with E-state index in [-0.39, 0.29) is 22.4 Å². The summed E-state index contributed by atoms with van der Waals surface area (Å²) in [6, 6.07) is 13.4. The van der Waals surface area contributed by atoms with Crippen LogP contribution in [0.25, 0.3) is 0 Å². The van der Waals surface area contributed by atoms with Gasteiger partial charge in [-0.05, 0) is 57.2 Å². The van der Waals surface area contributed by atoms with E-state index in [9.17, 15) is 9.18 Å². The number of nitrogens with zero attached hydrogens (tertiary/aromatic N) is 1. The zero-order valence-corrected chi connectivity index (χ0v) is 20.4. The summed E-state index contributed by atoms with van der Waals surface area (Å²) in [6.45, 7) is 6.32. The standard InChI is InChI=1S/C26H26ClFN2O5/c1-16(33-19-7-9-20(10-8-19)34-25-21(28)13-18(27)15-30-25)24(31)29-11-12-32-22-6-4-5-17-14-26(2,3)35-23(17)22/h4-10,13,15-16H,11-12,14H2,1-3H3,(H,29,31)/t16-/m1/s1. The van der Waals surface area contributed by atoms with Gasteiger partial charge in [-0.3, -0.25) is 4.79 Å². The maximum absolute atomic E-state index is 13.8. The first-order valence-electron chi connectivity index (χ1n) is 11.2. The minimum atomic E-state index is -0.734. The minimum Gasteiger partial charge on any atom is -0.488 e. The zero-order valence-electron chi connectivity index (χ0n) is 19.6. The van der Waals surface area contributed by atoms with Gasteiger partial charge in [0, 0.05) is 18.2 Å². The average Bonchev–Trinajstić information content (AvgIpc) is 3.14. The van der Waals surface area contributed by atoms with Crippen LogP contribution in [0.5, 0.6) is 28.9 Å². The van der Waals surface area contributed by atoms with Gasteiger partial charge in [-0.15, -0.1) is 0 Å². The molecule has 1 amide bonds. The molecule has 0 bridgehead atoms. The summed E-state index contributed by atoms with van der Waals surface area (Å²) in [5.41, 5.74) is 0.861. The van der Waals surface area contributed by atoms with Crippen molar-refractivity contribution in [2.24, 2.45) is 0 Å². The largest absolute Gasteiger partial charge is 0.488 e. The van der Waals surface area contributed by atoms with Gasteiger partial charge in [0.1, 0.15) is 23.7 Å². The lowest BCUT2D eigenvalue weighted by Gasteiger charge is -2.18. The van der Waals surface area contributed by atoms with Gasteiger partial charge in [0.2, 0.25) is 0 Å². The van der Waals surface area contributed by atoms with E-state index < -0.39 is 11.9 Å². The molecule has 1 atom stereocenters. The molecule has 0 radical (unpaired) electrons. The van der Waals surface area contributed by atoms with Gasteiger partial charge in [0.25, 0.3) is 11.8 Å². The van der Waals surface area contributed by atoms with E-state index in [2.05, 4.69) is 10.3 Å². The number of carbonyl (C=O) groups excluding carboxylic acids is 1. The quantitative estimate of drug-likeness (QED) is 0.399. The summed E-state index contributed by atoms with van der Waals surface area (Å²) in [4.78, 5) is 16.2. The van der Waals surface area contributed by atoms with Crippen LogP contribution in [0.4, 0.5) is 4.39 Å². The Balaban J connectivity index is 1.22. The Morgan fingerprint density at radius 1 is 1.23 bits per heavy atom. The number of amides is 1. The second-order valence-electron chi connectivity index (χ2n) is 8.70. The third-order valence-corrected chi connectivity index (χ3v) is 5.41. The van der Waals surface area contributed by atoms with E-state index in [1.165, 1.54) is 6.20 Å². The molecule has 0 saturated heterocycles. The lowest BCUT2D eigenvalue weighted by molar-refractivity contribution is -0.127. The highest BCUT2D eigenvalue weighted by molar-refractivity contribution is 6.30. The Hall–Kier alpha value is -3.52. The third-order valence-electron chi connectivity index (χ3n) is 5.21. The number of rotatable bonds is 9. The van der Waals surface area contributed by atoms with Crippen LogP contribution in [0.3, 0.4) is 0 Å². The molecule has 1 N–H and O–H groups in total. The van der Waals surface area contributed by atoms with Gasteiger partial charge >= 0.3 is 0 Å². The molecule has 4 rings (SSSR count). The van der Waals surface area contributed by atoms with Crippen LogP contribution in [0.1, 0.15) is 26.3 Å². The molecule has 35 heavy (non-hydrogen) atoms. The SMILES string of the molecule is C[C@@H](Oc1ccc(Oc2ncc(Cl)cc2F)cc1)C(=O)NCCOc1cccc2c1OC(C)(C)C2. The molecular weight excluding hydrogens is 475 g/mol. The van der Waals surface area contributed by atoms with Crippen molar-refractivity contribution in [3.8, 4) is 28.9 Å². The highest BCUT2D eigenvalue weighted by Crippen LogP contribution is 2.41. The van der Waals surface area contributed by atoms with E-state index in [1.54, 1.807) is 31.2 Å². The normalized spacial score (nSPS) is 14.4. The molecule has 0 aliphatic carbocycles. The highest BCUT2D eigenvalue weighted by Gasteiger charge is 2.32. The number of carbonyl (C=O) groups is 1. The maximum Gasteiger partial charge on any atom is 0.260 e. The number of ether oxygens (including phenoxy) is 4. The van der Waals surface area contributed by atoms with E-state index >= 15 is 0 Å². The monoisotopic (exact) mass is 500 g/mol. The molecule has 3 aromatic rings. The van der Waals surface area contributed by atoms with Crippen LogP contribution in [0.15, 0.2) is 54.7 Å². The van der Waals surface area contributed by atoms with E-state index in [0.29, 0.717) is 30.4 Å². The van der Waals surface area contributed by atoms with Crippen LogP contribution in [-0.2, 0) is 11.2 Å². The van der Waals surface area contributed by atoms with Gasteiger partial charge in [0.15, 0.2) is 23.4 Å². The Kier molecular flexibility index (Phi) is 7.31. The fourth-order valence-corrected chi connectivity index (χ4v) is 3.76. The molecule has 9 heteroatoms. The zero-order chi connectivity index (χ0) is 25.0. The number of hydrogen-bond donors (Lipinski definition) is 1. The summed E-state index contributed by atoms with van der Waals surface area (Å²) >= 11 is 5.69. The molecule has 184 valence electrons. The molecule has 2 heterocycles. The molecule has 0 spiro atoms. The number of para-hydroxylation sites is 1. The smallest absolute Gasteiger partial charge is 0.260 e. The number of nitrogens with one attached hydrogen (secondary N) is 1. The summed E-state index contributed by atoms with van der Waals surface area (Å²) in [5, 5.41) is 2.98. The molecule has 2 aromatic carbocycles. The molecule has 0 unspecified atom stereocenters. The van der Waals surface area contributed by atoms with Crippen molar-refractivity contribution in [2.45, 2.75) is 38.9 Å². The van der Waals surface area contributed by atoms with Crippen molar-refractivity contribution in [3.05, 3.63) is 71.1 Å². The fourth-order valence-electron chi connectivity index (χ4n) is 3.61. The summed E-state index contributed by atoms with van der Waals surface area (Å²) in [5.74, 6) is 1.12. The van der Waals surface area contributed by atoms with Crippen LogP contribution in [0, 0.1) is 5.82 Å². The van der Waals surface area contributed by atoms with E-state index in [0.717, 1.165) is 23.8 Å². The predicted octanol–water partition coefficient (Wildman–Crippen LogP) is 5.34. The summed E-state index contributed by atoms with van der Waals surface area (Å²) < 4.78 is 36.8. The second-order valence-corrected chi connectivity index (χ2v) is 9.13. The predicted molar refractivity (Wildman–Crippen MR) is 129 cm³/mol. The van der Waals surface area contributed by atoms with Crippen LogP contribution in [-0.4, -0.2) is 35.7 Å². The van der Waals surface area contributed by atoms with Crippen molar-refractivity contribution in [2.75, 3.05) is 13.2 Å². The first-order chi connectivity index (χ1) is 16.7. The first kappa shape index (κ1) is 24.6. The van der Waals surface area contributed by atoms with Crippen molar-refractivity contribution in [3.63, 3.8) is 0 Å². The van der Waals surface area contributed by atoms with Crippen molar-refractivity contribution in [1.82, 2.24) is 10.3 Å². The molecule has 1 aliphatic heterocycles. The highest BCUT2D eigenvalue weighted by atomic mass is 35.5. The summed E-state index contributed by atoms with van der Waals surface area (Å²) in [7, 11) is 0. The maximum atomic E-state index is 13.8. The minimum absolute atomic E-state index is 0.180. The number of halogens is 2. The number of fused-ring (bicyclic) bond motifs is 1. The molecule has 1 aliphatic rings. The lowest BCUT2D eigenvalue weighted by Crippen LogP contribution is -2.38. The Morgan fingerprint density at radius 3 is 2.71 bits per heavy atom. The van der Waals surface area contributed by atoms with Gasteiger partial charge in [0.05, 0.1) is 11.6 Å². The van der Waals surface area contributed by atoms with Crippen LogP contribution >= 0.6 is 11.6 Å². The van der Waals surface area contributed by atoms with Gasteiger partial charge < -0.3 is 24.3 Å². The first-order valence-corrected chi connectivity index (χ1v) is 11.5. The summed E-state index contributed by atoms with van der Waals surface area (Å²) in [6.07, 6.45) is 1.39. The van der Waals surface area contributed by atoms with E-state index in [1.807, 2.05) is 32.0 Å². The van der Waals surface area contributed by atoms with Crippen molar-refractivity contribution < 1.29 is 28.1 Å². The Labute approximate surface area is 208 Å². The van der Waals surface area contributed by atoms with E-state index in [4.69, 9.17) is 30.5 Å². The number of aromatic nitrogens is 1. The molecule has 7 nitrogen and oxygen atoms in total. The Morgan fingerprint density at radius 2 is 1.97 bits per heavy atom. The van der Waals surface area contributed by atoms with Crippen LogP contribution in [0.2, 0.25) is 5.02 Å². The molecule has 0 saturated carbocycles. The fraction of sp³-hybridized carbons (Fsp3) is 0.308. The number of hydrogen-bond acceptors (Lipinski definition) is 6. The van der Waals surface area contributed by atoms with Gasteiger partial charge in [-0.25, -0.2) is 9.37 Å². The number of benzene rings is 2. The molecule has 0 fully saturated rings. The average molecular weight is 501 g/mol.